The van der Waals surface area contributed by atoms with Crippen molar-refractivity contribution >= 4 is 34.5 Å². The fraction of sp³-hybridized carbons (Fsp3) is 0. The number of nitrogens with zero attached hydrogens (tertiary/aromatic N) is 1. The van der Waals surface area contributed by atoms with Crippen molar-refractivity contribution in [2.24, 2.45) is 0 Å². The number of aromatic nitrogens is 1. The molecule has 3 rings (SSSR count). The Kier molecular flexibility index (Phi) is 4.37. The maximum absolute atomic E-state index is 12.1. The van der Waals surface area contributed by atoms with Gasteiger partial charge in [0.05, 0.1) is 0 Å². The molecule has 6 heteroatoms. The van der Waals surface area contributed by atoms with E-state index >= 15 is 0 Å². The van der Waals surface area contributed by atoms with E-state index in [-0.39, 0.29) is 5.91 Å². The van der Waals surface area contributed by atoms with E-state index in [1.165, 1.54) is 11.3 Å². The highest BCUT2D eigenvalue weighted by molar-refractivity contribution is 7.11. The Bertz CT molecular complexity index is 790. The molecule has 0 radical (unpaired) electrons. The summed E-state index contributed by atoms with van der Waals surface area (Å²) in [6, 6.07) is 16.2. The van der Waals surface area contributed by atoms with Crippen LogP contribution in [0.5, 0.6) is 10.9 Å². The minimum atomic E-state index is -0.275. The number of thiazole rings is 1. The molecule has 2 aromatic carbocycles. The van der Waals surface area contributed by atoms with Gasteiger partial charge in [0.15, 0.2) is 0 Å². The lowest BCUT2D eigenvalue weighted by Crippen LogP contribution is -2.12. The fourth-order valence-electron chi connectivity index (χ4n) is 1.76. The van der Waals surface area contributed by atoms with Crippen molar-refractivity contribution in [3.05, 3.63) is 70.7 Å². The number of ether oxygens (including phenoxy) is 1. The average molecular weight is 331 g/mol. The van der Waals surface area contributed by atoms with Crippen molar-refractivity contribution in [2.45, 2.75) is 0 Å². The Labute approximate surface area is 136 Å². The molecule has 1 aromatic heterocycles. The quantitative estimate of drug-likeness (QED) is 0.744. The van der Waals surface area contributed by atoms with Crippen LogP contribution in [0.25, 0.3) is 0 Å². The van der Waals surface area contributed by atoms with Crippen LogP contribution in [0.3, 0.4) is 0 Å². The molecule has 110 valence electrons. The van der Waals surface area contributed by atoms with E-state index in [9.17, 15) is 4.79 Å². The van der Waals surface area contributed by atoms with Gasteiger partial charge in [-0.2, -0.15) is 4.98 Å². The lowest BCUT2D eigenvalue weighted by Gasteiger charge is -2.02. The third-order valence-corrected chi connectivity index (χ3v) is 3.70. The van der Waals surface area contributed by atoms with Crippen molar-refractivity contribution in [3.63, 3.8) is 0 Å². The second kappa shape index (κ2) is 6.60. The van der Waals surface area contributed by atoms with Gasteiger partial charge in [0.1, 0.15) is 11.4 Å². The number of rotatable bonds is 4. The third kappa shape index (κ3) is 3.63. The van der Waals surface area contributed by atoms with Crippen LogP contribution < -0.4 is 10.1 Å². The molecule has 1 amide bonds. The molecule has 4 nitrogen and oxygen atoms in total. The first-order valence-electron chi connectivity index (χ1n) is 6.46. The molecule has 22 heavy (non-hydrogen) atoms. The Morgan fingerprint density at radius 3 is 2.73 bits per heavy atom. The summed E-state index contributed by atoms with van der Waals surface area (Å²) in [5.74, 6) is 0.306. The van der Waals surface area contributed by atoms with Crippen molar-refractivity contribution in [3.8, 4) is 10.9 Å². The summed E-state index contributed by atoms with van der Waals surface area (Å²) in [5, 5.41) is 5.39. The molecule has 0 spiro atoms. The molecule has 0 fully saturated rings. The zero-order valence-electron chi connectivity index (χ0n) is 11.3. The summed E-state index contributed by atoms with van der Waals surface area (Å²) in [6.07, 6.45) is 0. The standard InChI is InChI=1S/C16H11ClN2O2S/c17-11-5-4-8-13(9-11)21-16-19-14(10-22-16)15(20)18-12-6-2-1-3-7-12/h1-10H,(H,18,20). The van der Waals surface area contributed by atoms with Gasteiger partial charge < -0.3 is 10.1 Å². The average Bonchev–Trinajstić information content (AvgIpc) is 2.97. The molecule has 0 unspecified atom stereocenters. The summed E-state index contributed by atoms with van der Waals surface area (Å²) >= 11 is 7.15. The van der Waals surface area contributed by atoms with Gasteiger partial charge in [-0.25, -0.2) is 0 Å². The number of hydrogen-bond acceptors (Lipinski definition) is 4. The second-order valence-corrected chi connectivity index (χ2v) is 5.64. The molecule has 1 heterocycles. The molecular weight excluding hydrogens is 320 g/mol. The largest absolute Gasteiger partial charge is 0.431 e. The SMILES string of the molecule is O=C(Nc1ccccc1)c1csc(Oc2cccc(Cl)c2)n1. The molecule has 0 aliphatic rings. The monoisotopic (exact) mass is 330 g/mol. The van der Waals surface area contributed by atoms with Crippen molar-refractivity contribution in [2.75, 3.05) is 5.32 Å². The highest BCUT2D eigenvalue weighted by Crippen LogP contribution is 2.27. The number of carbonyl (C=O) groups is 1. The lowest BCUT2D eigenvalue weighted by atomic mass is 10.3. The first-order valence-corrected chi connectivity index (χ1v) is 7.72. The van der Waals surface area contributed by atoms with Crippen LogP contribution in [0.15, 0.2) is 60.0 Å². The van der Waals surface area contributed by atoms with Crippen LogP contribution in [0.4, 0.5) is 5.69 Å². The van der Waals surface area contributed by atoms with Crippen molar-refractivity contribution in [1.29, 1.82) is 0 Å². The van der Waals surface area contributed by atoms with Crippen molar-refractivity contribution < 1.29 is 9.53 Å². The van der Waals surface area contributed by atoms with Gasteiger partial charge in [0.2, 0.25) is 0 Å². The fourth-order valence-corrected chi connectivity index (χ4v) is 2.60. The molecule has 0 saturated heterocycles. The summed E-state index contributed by atoms with van der Waals surface area (Å²) < 4.78 is 5.58. The molecule has 0 aliphatic heterocycles. The van der Waals surface area contributed by atoms with Crippen LogP contribution in [0.2, 0.25) is 5.02 Å². The second-order valence-electron chi connectivity index (χ2n) is 4.38. The van der Waals surface area contributed by atoms with E-state index in [1.807, 2.05) is 30.3 Å². The predicted octanol–water partition coefficient (Wildman–Crippen LogP) is 4.84. The number of amides is 1. The van der Waals surface area contributed by atoms with Gasteiger partial charge in [-0.05, 0) is 30.3 Å². The number of halogens is 1. The smallest absolute Gasteiger partial charge is 0.279 e. The number of para-hydroxylation sites is 1. The Morgan fingerprint density at radius 1 is 1.14 bits per heavy atom. The van der Waals surface area contributed by atoms with Gasteiger partial charge in [0, 0.05) is 16.1 Å². The molecular formula is C16H11ClN2O2S. The maximum Gasteiger partial charge on any atom is 0.279 e. The van der Waals surface area contributed by atoms with Crippen LogP contribution in [-0.4, -0.2) is 10.9 Å². The van der Waals surface area contributed by atoms with Crippen LogP contribution >= 0.6 is 22.9 Å². The Hall–Kier alpha value is -2.37. The van der Waals surface area contributed by atoms with Crippen LogP contribution in [0, 0.1) is 0 Å². The van der Waals surface area contributed by atoms with E-state index in [1.54, 1.807) is 29.6 Å². The molecule has 3 aromatic rings. The van der Waals surface area contributed by atoms with E-state index in [0.29, 0.717) is 21.7 Å². The summed E-state index contributed by atoms with van der Waals surface area (Å²) in [6.45, 7) is 0. The molecule has 0 aliphatic carbocycles. The summed E-state index contributed by atoms with van der Waals surface area (Å²) in [4.78, 5) is 16.3. The number of hydrogen-bond donors (Lipinski definition) is 1. The number of anilines is 1. The zero-order chi connectivity index (χ0) is 15.4. The normalized spacial score (nSPS) is 10.2. The Balaban J connectivity index is 1.69. The van der Waals surface area contributed by atoms with E-state index in [4.69, 9.17) is 16.3 Å². The van der Waals surface area contributed by atoms with Gasteiger partial charge in [-0.15, -0.1) is 0 Å². The van der Waals surface area contributed by atoms with Gasteiger partial charge in [-0.1, -0.05) is 47.2 Å². The molecule has 0 atom stereocenters. The molecule has 0 saturated carbocycles. The first kappa shape index (κ1) is 14.6. The van der Waals surface area contributed by atoms with Gasteiger partial charge >= 0.3 is 0 Å². The molecule has 1 N–H and O–H groups in total. The first-order chi connectivity index (χ1) is 10.7. The minimum absolute atomic E-state index is 0.275. The van der Waals surface area contributed by atoms with Crippen LogP contribution in [-0.2, 0) is 0 Å². The number of nitrogens with one attached hydrogen (secondary N) is 1. The molecule has 0 bridgehead atoms. The summed E-state index contributed by atoms with van der Waals surface area (Å²) in [7, 11) is 0. The predicted molar refractivity (Wildman–Crippen MR) is 88.0 cm³/mol. The van der Waals surface area contributed by atoms with E-state index in [0.717, 1.165) is 5.69 Å². The van der Waals surface area contributed by atoms with E-state index < -0.39 is 0 Å². The van der Waals surface area contributed by atoms with Crippen LogP contribution in [0.1, 0.15) is 10.5 Å². The van der Waals surface area contributed by atoms with E-state index in [2.05, 4.69) is 10.3 Å². The lowest BCUT2D eigenvalue weighted by molar-refractivity contribution is 0.102. The highest BCUT2D eigenvalue weighted by Gasteiger charge is 2.12. The highest BCUT2D eigenvalue weighted by atomic mass is 35.5. The van der Waals surface area contributed by atoms with Gasteiger partial charge in [0.25, 0.3) is 11.1 Å². The Morgan fingerprint density at radius 2 is 1.95 bits per heavy atom. The topological polar surface area (TPSA) is 51.2 Å². The maximum atomic E-state index is 12.1. The summed E-state index contributed by atoms with van der Waals surface area (Å²) in [5.41, 5.74) is 1.03. The number of benzene rings is 2. The zero-order valence-corrected chi connectivity index (χ0v) is 12.9. The number of carbonyl (C=O) groups excluding carboxylic acids is 1. The third-order valence-electron chi connectivity index (χ3n) is 2.75. The minimum Gasteiger partial charge on any atom is -0.431 e. The van der Waals surface area contributed by atoms with Gasteiger partial charge in [-0.3, -0.25) is 4.79 Å². The van der Waals surface area contributed by atoms with Crippen molar-refractivity contribution in [1.82, 2.24) is 4.98 Å².